The highest BCUT2D eigenvalue weighted by molar-refractivity contribution is 9.10. The van der Waals surface area contributed by atoms with E-state index in [0.29, 0.717) is 22.7 Å². The molecular formula is C10H9BrN4O2. The summed E-state index contributed by atoms with van der Waals surface area (Å²) in [6.45, 7) is 0.705. The summed E-state index contributed by atoms with van der Waals surface area (Å²) in [7, 11) is 0. The number of H-pyrrole nitrogens is 1. The summed E-state index contributed by atoms with van der Waals surface area (Å²) in [6.07, 6.45) is 3.20. The third-order valence-corrected chi connectivity index (χ3v) is 3.02. The van der Waals surface area contributed by atoms with E-state index in [1.165, 1.54) is 6.20 Å². The van der Waals surface area contributed by atoms with Gasteiger partial charge >= 0.3 is 0 Å². The van der Waals surface area contributed by atoms with Gasteiger partial charge in [-0.1, -0.05) is 0 Å². The zero-order valence-electron chi connectivity index (χ0n) is 8.81. The molecule has 0 unspecified atom stereocenters. The molecule has 7 heteroatoms. The maximum Gasteiger partial charge on any atom is 0.279 e. The number of nitrogens with one attached hydrogen (secondary N) is 1. The number of aromatic nitrogens is 4. The van der Waals surface area contributed by atoms with E-state index < -0.39 is 0 Å². The number of nitrogens with zero attached hydrogens (tertiary/aromatic N) is 3. The molecule has 1 fully saturated rings. The Hall–Kier alpha value is -1.34. The third kappa shape index (κ3) is 1.96. The fraction of sp³-hybridized carbons (Fsp3) is 0.400. The van der Waals surface area contributed by atoms with Crippen molar-refractivity contribution in [3.63, 3.8) is 0 Å². The van der Waals surface area contributed by atoms with Crippen molar-refractivity contribution in [2.24, 2.45) is 0 Å². The van der Waals surface area contributed by atoms with Crippen LogP contribution in [0.25, 0.3) is 11.2 Å². The Labute approximate surface area is 105 Å². The summed E-state index contributed by atoms with van der Waals surface area (Å²) in [4.78, 5) is 26.9. The quantitative estimate of drug-likeness (QED) is 0.858. The molecule has 1 saturated heterocycles. The fourth-order valence-corrected chi connectivity index (χ4v) is 2.13. The van der Waals surface area contributed by atoms with Crippen LogP contribution in [0.2, 0.25) is 0 Å². The lowest BCUT2D eigenvalue weighted by Crippen LogP contribution is -2.16. The highest BCUT2D eigenvalue weighted by Crippen LogP contribution is 2.25. The van der Waals surface area contributed by atoms with Crippen LogP contribution >= 0.6 is 15.9 Å². The Bertz CT molecular complexity index is 621. The van der Waals surface area contributed by atoms with Crippen LogP contribution in [0.5, 0.6) is 0 Å². The van der Waals surface area contributed by atoms with Crippen molar-refractivity contribution in [1.82, 2.24) is 19.9 Å². The summed E-state index contributed by atoms with van der Waals surface area (Å²) in [5, 5.41) is 0. The van der Waals surface area contributed by atoms with Crippen molar-refractivity contribution in [2.75, 3.05) is 6.61 Å². The minimum absolute atomic E-state index is 0.132. The third-order valence-electron chi connectivity index (χ3n) is 2.64. The van der Waals surface area contributed by atoms with Crippen molar-refractivity contribution >= 4 is 27.1 Å². The van der Waals surface area contributed by atoms with Crippen LogP contribution in [0.15, 0.2) is 15.6 Å². The molecule has 3 heterocycles. The minimum atomic E-state index is -0.277. The summed E-state index contributed by atoms with van der Waals surface area (Å²) in [5.74, 6) is 0.535. The van der Waals surface area contributed by atoms with Crippen molar-refractivity contribution in [3.05, 3.63) is 27.0 Å². The molecule has 2 aromatic heterocycles. The minimum Gasteiger partial charge on any atom is -0.370 e. The maximum atomic E-state index is 11.8. The smallest absolute Gasteiger partial charge is 0.279 e. The van der Waals surface area contributed by atoms with E-state index in [1.54, 1.807) is 0 Å². The molecule has 0 aromatic carbocycles. The number of hydrogen-bond acceptors (Lipinski definition) is 5. The van der Waals surface area contributed by atoms with Crippen LogP contribution in [-0.2, 0) is 4.74 Å². The number of ether oxygens (including phenoxy) is 1. The van der Waals surface area contributed by atoms with E-state index in [0.717, 1.165) is 12.8 Å². The van der Waals surface area contributed by atoms with Gasteiger partial charge in [-0.05, 0) is 28.8 Å². The molecule has 0 radical (unpaired) electrons. The molecule has 88 valence electrons. The molecule has 0 spiro atoms. The first-order valence-corrected chi connectivity index (χ1v) is 6.07. The molecule has 17 heavy (non-hydrogen) atoms. The molecule has 6 nitrogen and oxygen atoms in total. The molecular weight excluding hydrogens is 288 g/mol. The van der Waals surface area contributed by atoms with Gasteiger partial charge in [-0.25, -0.2) is 15.0 Å². The van der Waals surface area contributed by atoms with E-state index in [1.807, 2.05) is 0 Å². The van der Waals surface area contributed by atoms with E-state index in [4.69, 9.17) is 4.74 Å². The topological polar surface area (TPSA) is 80.8 Å². The highest BCUT2D eigenvalue weighted by atomic mass is 79.9. The highest BCUT2D eigenvalue weighted by Gasteiger charge is 2.21. The van der Waals surface area contributed by atoms with Gasteiger partial charge in [0.05, 0.1) is 6.20 Å². The average molecular weight is 297 g/mol. The van der Waals surface area contributed by atoms with E-state index in [9.17, 15) is 4.79 Å². The van der Waals surface area contributed by atoms with Gasteiger partial charge in [0.1, 0.15) is 16.5 Å². The lowest BCUT2D eigenvalue weighted by Gasteiger charge is -2.08. The number of aromatic amines is 1. The van der Waals surface area contributed by atoms with Crippen LogP contribution in [0.3, 0.4) is 0 Å². The van der Waals surface area contributed by atoms with Gasteiger partial charge < -0.3 is 9.72 Å². The van der Waals surface area contributed by atoms with Crippen molar-refractivity contribution < 1.29 is 4.74 Å². The molecule has 0 bridgehead atoms. The SMILES string of the molecule is O=c1[nH]c([C@@H]2CCCO2)nc2nc(Br)cnc12. The number of halogens is 1. The molecule has 0 amide bonds. The van der Waals surface area contributed by atoms with Crippen LogP contribution < -0.4 is 5.56 Å². The Morgan fingerprint density at radius 2 is 2.35 bits per heavy atom. The van der Waals surface area contributed by atoms with Crippen molar-refractivity contribution in [3.8, 4) is 0 Å². The van der Waals surface area contributed by atoms with Gasteiger partial charge in [0.15, 0.2) is 11.2 Å². The summed E-state index contributed by atoms with van der Waals surface area (Å²) < 4.78 is 6.04. The van der Waals surface area contributed by atoms with E-state index >= 15 is 0 Å². The molecule has 0 saturated carbocycles. The maximum absolute atomic E-state index is 11.8. The molecule has 2 aromatic rings. The summed E-state index contributed by atoms with van der Waals surface area (Å²) in [5.41, 5.74) is 0.309. The molecule has 1 N–H and O–H groups in total. The number of fused-ring (bicyclic) bond motifs is 1. The van der Waals surface area contributed by atoms with Crippen LogP contribution in [0, 0.1) is 0 Å². The van der Waals surface area contributed by atoms with Crippen molar-refractivity contribution in [2.45, 2.75) is 18.9 Å². The monoisotopic (exact) mass is 296 g/mol. The van der Waals surface area contributed by atoms with E-state index in [-0.39, 0.29) is 17.2 Å². The molecule has 1 aliphatic heterocycles. The number of rotatable bonds is 1. The average Bonchev–Trinajstić information content (AvgIpc) is 2.81. The van der Waals surface area contributed by atoms with Gasteiger partial charge in [-0.2, -0.15) is 0 Å². The zero-order chi connectivity index (χ0) is 11.8. The summed E-state index contributed by atoms with van der Waals surface area (Å²) in [6, 6.07) is 0. The zero-order valence-corrected chi connectivity index (χ0v) is 10.4. The first-order valence-electron chi connectivity index (χ1n) is 5.28. The fourth-order valence-electron chi connectivity index (χ4n) is 1.86. The number of hydrogen-bond donors (Lipinski definition) is 1. The normalized spacial score (nSPS) is 19.9. The Morgan fingerprint density at radius 3 is 3.12 bits per heavy atom. The Kier molecular flexibility index (Phi) is 2.64. The van der Waals surface area contributed by atoms with Crippen molar-refractivity contribution in [1.29, 1.82) is 0 Å². The Morgan fingerprint density at radius 1 is 1.47 bits per heavy atom. The molecule has 3 rings (SSSR count). The van der Waals surface area contributed by atoms with Gasteiger partial charge in [0.2, 0.25) is 0 Å². The van der Waals surface area contributed by atoms with Gasteiger partial charge in [0.25, 0.3) is 5.56 Å². The van der Waals surface area contributed by atoms with Crippen LogP contribution in [-0.4, -0.2) is 26.5 Å². The van der Waals surface area contributed by atoms with E-state index in [2.05, 4.69) is 35.9 Å². The lowest BCUT2D eigenvalue weighted by atomic mass is 10.2. The predicted molar refractivity (Wildman–Crippen MR) is 63.6 cm³/mol. The second-order valence-electron chi connectivity index (χ2n) is 3.82. The summed E-state index contributed by atoms with van der Waals surface area (Å²) >= 11 is 3.21. The molecule has 1 aliphatic rings. The van der Waals surface area contributed by atoms with Crippen LogP contribution in [0.4, 0.5) is 0 Å². The first-order chi connectivity index (χ1) is 8.24. The largest absolute Gasteiger partial charge is 0.370 e. The molecule has 1 atom stereocenters. The standard InChI is InChI=1S/C10H9BrN4O2/c11-6-4-12-7-9(13-6)14-8(15-10(7)16)5-2-1-3-17-5/h4-5H,1-3H2,(H,13,14,15,16)/t5-/m0/s1. The van der Waals surface area contributed by atoms with Gasteiger partial charge in [-0.3, -0.25) is 4.79 Å². The van der Waals surface area contributed by atoms with Gasteiger partial charge in [-0.15, -0.1) is 0 Å². The Balaban J connectivity index is 2.18. The molecule has 0 aliphatic carbocycles. The van der Waals surface area contributed by atoms with Crippen LogP contribution in [0.1, 0.15) is 24.8 Å². The van der Waals surface area contributed by atoms with Gasteiger partial charge in [0, 0.05) is 6.61 Å². The first kappa shape index (κ1) is 10.8. The second-order valence-corrected chi connectivity index (χ2v) is 4.63. The second kappa shape index (κ2) is 4.15. The lowest BCUT2D eigenvalue weighted by molar-refractivity contribution is 0.105. The predicted octanol–water partition coefficient (Wildman–Crippen LogP) is 1.33.